The maximum atomic E-state index is 9.39. The molecular weight excluding hydrogens is 288 g/mol. The zero-order valence-corrected chi connectivity index (χ0v) is 12.1. The monoisotopic (exact) mass is 300 g/mol. The number of benzene rings is 1. The van der Waals surface area contributed by atoms with Crippen LogP contribution in [0, 0.1) is 6.92 Å². The zero-order chi connectivity index (χ0) is 14.8. The molecule has 0 unspecified atom stereocenters. The van der Waals surface area contributed by atoms with Gasteiger partial charge in [-0.05, 0) is 31.2 Å². The lowest BCUT2D eigenvalue weighted by atomic mass is 10.2. The SMILES string of the molecule is Cc1cc(Oc2ccc(Cl)c3cccnc23)c(CO)cn1. The molecule has 0 atom stereocenters. The Hall–Kier alpha value is -2.17. The number of hydrogen-bond acceptors (Lipinski definition) is 4. The van der Waals surface area contributed by atoms with Crippen LogP contribution in [-0.4, -0.2) is 15.1 Å². The van der Waals surface area contributed by atoms with Crippen molar-refractivity contribution in [2.45, 2.75) is 13.5 Å². The highest BCUT2D eigenvalue weighted by molar-refractivity contribution is 6.35. The quantitative estimate of drug-likeness (QED) is 0.797. The summed E-state index contributed by atoms with van der Waals surface area (Å²) < 4.78 is 5.93. The molecule has 1 aromatic carbocycles. The van der Waals surface area contributed by atoms with Crippen LogP contribution in [-0.2, 0) is 6.61 Å². The predicted molar refractivity (Wildman–Crippen MR) is 81.7 cm³/mol. The third-order valence-corrected chi connectivity index (χ3v) is 3.48. The van der Waals surface area contributed by atoms with Crippen molar-refractivity contribution in [2.75, 3.05) is 0 Å². The van der Waals surface area contributed by atoms with Crippen molar-refractivity contribution in [1.29, 1.82) is 0 Å². The number of hydrogen-bond donors (Lipinski definition) is 1. The number of pyridine rings is 2. The molecular formula is C16H13ClN2O2. The number of ether oxygens (including phenoxy) is 1. The topological polar surface area (TPSA) is 55.2 Å². The van der Waals surface area contributed by atoms with Crippen LogP contribution in [0.3, 0.4) is 0 Å². The number of halogens is 1. The van der Waals surface area contributed by atoms with Gasteiger partial charge in [0.1, 0.15) is 11.3 Å². The molecule has 0 fully saturated rings. The molecule has 2 heterocycles. The summed E-state index contributed by atoms with van der Waals surface area (Å²) in [6, 6.07) is 9.05. The summed E-state index contributed by atoms with van der Waals surface area (Å²) in [7, 11) is 0. The van der Waals surface area contributed by atoms with Crippen LogP contribution in [0.2, 0.25) is 5.02 Å². The van der Waals surface area contributed by atoms with E-state index in [2.05, 4.69) is 9.97 Å². The second kappa shape index (κ2) is 5.68. The first-order chi connectivity index (χ1) is 10.2. The van der Waals surface area contributed by atoms with Crippen molar-refractivity contribution in [1.82, 2.24) is 9.97 Å². The number of aryl methyl sites for hydroxylation is 1. The van der Waals surface area contributed by atoms with Gasteiger partial charge in [-0.3, -0.25) is 9.97 Å². The van der Waals surface area contributed by atoms with Crippen LogP contribution in [0.5, 0.6) is 11.5 Å². The van der Waals surface area contributed by atoms with E-state index in [0.717, 1.165) is 11.1 Å². The Morgan fingerprint density at radius 2 is 2.05 bits per heavy atom. The minimum absolute atomic E-state index is 0.137. The minimum Gasteiger partial charge on any atom is -0.455 e. The molecule has 0 saturated carbocycles. The Labute approximate surface area is 127 Å². The van der Waals surface area contributed by atoms with E-state index < -0.39 is 0 Å². The molecule has 0 aliphatic rings. The summed E-state index contributed by atoms with van der Waals surface area (Å²) >= 11 is 6.17. The molecule has 3 aromatic rings. The lowest BCUT2D eigenvalue weighted by molar-refractivity contribution is 0.276. The molecule has 0 saturated heterocycles. The van der Waals surface area contributed by atoms with Crippen molar-refractivity contribution < 1.29 is 9.84 Å². The van der Waals surface area contributed by atoms with Gasteiger partial charge in [-0.1, -0.05) is 11.6 Å². The average Bonchev–Trinajstić information content (AvgIpc) is 2.51. The van der Waals surface area contributed by atoms with Gasteiger partial charge in [0.15, 0.2) is 5.75 Å². The summed E-state index contributed by atoms with van der Waals surface area (Å²) in [4.78, 5) is 8.48. The van der Waals surface area contributed by atoms with E-state index >= 15 is 0 Å². The molecule has 106 valence electrons. The van der Waals surface area contributed by atoms with Gasteiger partial charge in [-0.25, -0.2) is 0 Å². The summed E-state index contributed by atoms with van der Waals surface area (Å²) in [5.41, 5.74) is 2.12. The molecule has 2 aromatic heterocycles. The van der Waals surface area contributed by atoms with E-state index in [-0.39, 0.29) is 6.61 Å². The summed E-state index contributed by atoms with van der Waals surface area (Å²) in [5.74, 6) is 1.16. The van der Waals surface area contributed by atoms with Crippen molar-refractivity contribution in [3.8, 4) is 11.5 Å². The second-order valence-electron chi connectivity index (χ2n) is 4.64. The van der Waals surface area contributed by atoms with E-state index in [0.29, 0.717) is 27.6 Å². The number of fused-ring (bicyclic) bond motifs is 1. The van der Waals surface area contributed by atoms with E-state index in [1.807, 2.05) is 19.1 Å². The molecule has 0 aliphatic carbocycles. The maximum Gasteiger partial charge on any atom is 0.153 e. The van der Waals surface area contributed by atoms with Crippen molar-refractivity contribution in [3.63, 3.8) is 0 Å². The van der Waals surface area contributed by atoms with Gasteiger partial charge >= 0.3 is 0 Å². The number of aliphatic hydroxyl groups excluding tert-OH is 1. The van der Waals surface area contributed by atoms with Crippen LogP contribution in [0.4, 0.5) is 0 Å². The van der Waals surface area contributed by atoms with Gasteiger partial charge in [0, 0.05) is 35.1 Å². The Morgan fingerprint density at radius 3 is 2.86 bits per heavy atom. The van der Waals surface area contributed by atoms with Gasteiger partial charge in [0.05, 0.1) is 11.6 Å². The highest BCUT2D eigenvalue weighted by atomic mass is 35.5. The number of aliphatic hydroxyl groups is 1. The Balaban J connectivity index is 2.11. The second-order valence-corrected chi connectivity index (χ2v) is 5.05. The number of nitrogens with zero attached hydrogens (tertiary/aromatic N) is 2. The molecule has 0 bridgehead atoms. The highest BCUT2D eigenvalue weighted by Gasteiger charge is 2.10. The summed E-state index contributed by atoms with van der Waals surface area (Å²) in [6.07, 6.45) is 3.30. The molecule has 0 amide bonds. The van der Waals surface area contributed by atoms with Gasteiger partial charge in [0.25, 0.3) is 0 Å². The molecule has 5 heteroatoms. The fraction of sp³-hybridized carbons (Fsp3) is 0.125. The van der Waals surface area contributed by atoms with Crippen molar-refractivity contribution >= 4 is 22.5 Å². The number of aromatic nitrogens is 2. The van der Waals surface area contributed by atoms with Crippen LogP contribution < -0.4 is 4.74 Å². The van der Waals surface area contributed by atoms with Crippen molar-refractivity contribution in [3.05, 3.63) is 59.0 Å². The predicted octanol–water partition coefficient (Wildman–Crippen LogP) is 3.88. The Bertz CT molecular complexity index is 805. The van der Waals surface area contributed by atoms with Gasteiger partial charge in [-0.15, -0.1) is 0 Å². The first-order valence-electron chi connectivity index (χ1n) is 6.46. The third kappa shape index (κ3) is 2.68. The molecule has 0 spiro atoms. The zero-order valence-electron chi connectivity index (χ0n) is 11.4. The largest absolute Gasteiger partial charge is 0.455 e. The minimum atomic E-state index is -0.137. The van der Waals surface area contributed by atoms with E-state index in [4.69, 9.17) is 16.3 Å². The highest BCUT2D eigenvalue weighted by Crippen LogP contribution is 2.33. The van der Waals surface area contributed by atoms with Crippen LogP contribution >= 0.6 is 11.6 Å². The fourth-order valence-electron chi connectivity index (χ4n) is 2.09. The lowest BCUT2D eigenvalue weighted by Crippen LogP contribution is -1.96. The van der Waals surface area contributed by atoms with Gasteiger partial charge in [-0.2, -0.15) is 0 Å². The normalized spacial score (nSPS) is 10.8. The van der Waals surface area contributed by atoms with E-state index in [1.165, 1.54) is 0 Å². The third-order valence-electron chi connectivity index (χ3n) is 3.15. The smallest absolute Gasteiger partial charge is 0.153 e. The average molecular weight is 301 g/mol. The molecule has 1 N–H and O–H groups in total. The maximum absolute atomic E-state index is 9.39. The first-order valence-corrected chi connectivity index (χ1v) is 6.84. The van der Waals surface area contributed by atoms with Crippen LogP contribution in [0.25, 0.3) is 10.9 Å². The molecule has 3 rings (SSSR count). The van der Waals surface area contributed by atoms with Crippen LogP contribution in [0.1, 0.15) is 11.3 Å². The van der Waals surface area contributed by atoms with Crippen molar-refractivity contribution in [2.24, 2.45) is 0 Å². The Morgan fingerprint density at radius 1 is 1.19 bits per heavy atom. The Kier molecular flexibility index (Phi) is 3.73. The molecule has 0 radical (unpaired) electrons. The first kappa shape index (κ1) is 13.8. The molecule has 0 aliphatic heterocycles. The lowest BCUT2D eigenvalue weighted by Gasteiger charge is -2.12. The molecule has 4 nitrogen and oxygen atoms in total. The van der Waals surface area contributed by atoms with E-state index in [9.17, 15) is 5.11 Å². The summed E-state index contributed by atoms with van der Waals surface area (Å²) in [5, 5.41) is 10.8. The number of rotatable bonds is 3. The standard InChI is InChI=1S/C16H13ClN2O2/c1-10-7-15(11(9-20)8-19-10)21-14-5-4-13(17)12-3-2-6-18-16(12)14/h2-8,20H,9H2,1H3. The van der Waals surface area contributed by atoms with Gasteiger partial charge in [0.2, 0.25) is 0 Å². The fourth-order valence-corrected chi connectivity index (χ4v) is 2.31. The van der Waals surface area contributed by atoms with Crippen LogP contribution in [0.15, 0.2) is 42.7 Å². The van der Waals surface area contributed by atoms with Gasteiger partial charge < -0.3 is 9.84 Å². The molecule has 21 heavy (non-hydrogen) atoms. The van der Waals surface area contributed by atoms with E-state index in [1.54, 1.807) is 30.6 Å². The summed E-state index contributed by atoms with van der Waals surface area (Å²) in [6.45, 7) is 1.73.